The Hall–Kier alpha value is -2.17. The Morgan fingerprint density at radius 1 is 1.04 bits per heavy atom. The number of nitrogens with zero attached hydrogens (tertiary/aromatic N) is 2. The number of halogens is 1. The first-order chi connectivity index (χ1) is 12.2. The molecule has 1 amide bonds. The summed E-state index contributed by atoms with van der Waals surface area (Å²) >= 11 is 5.87. The van der Waals surface area contributed by atoms with Crippen LogP contribution in [0.3, 0.4) is 0 Å². The molecular formula is C20H22ClN3O. The number of carbonyl (C=O) groups excluding carboxylic acids is 1. The molecule has 1 fully saturated rings. The lowest BCUT2D eigenvalue weighted by molar-refractivity contribution is -0.127. The molecule has 0 aliphatic carbocycles. The Morgan fingerprint density at radius 2 is 1.72 bits per heavy atom. The van der Waals surface area contributed by atoms with Crippen molar-refractivity contribution in [1.82, 2.24) is 10.3 Å². The van der Waals surface area contributed by atoms with Crippen LogP contribution in [0, 0.1) is 0 Å². The van der Waals surface area contributed by atoms with E-state index in [4.69, 9.17) is 11.6 Å². The van der Waals surface area contributed by atoms with Crippen LogP contribution in [0.15, 0.2) is 59.7 Å². The van der Waals surface area contributed by atoms with Gasteiger partial charge in [-0.1, -0.05) is 60.5 Å². The van der Waals surface area contributed by atoms with Gasteiger partial charge in [0.1, 0.15) is 6.04 Å². The first-order valence-corrected chi connectivity index (χ1v) is 8.99. The van der Waals surface area contributed by atoms with Gasteiger partial charge in [-0.3, -0.25) is 9.69 Å². The Balaban J connectivity index is 1.71. The van der Waals surface area contributed by atoms with Gasteiger partial charge in [0.25, 0.3) is 5.91 Å². The number of amides is 1. The molecule has 0 saturated carbocycles. The minimum absolute atomic E-state index is 0.0988. The van der Waals surface area contributed by atoms with Crippen molar-refractivity contribution >= 4 is 23.7 Å². The van der Waals surface area contributed by atoms with Crippen molar-refractivity contribution in [2.45, 2.75) is 25.3 Å². The summed E-state index contributed by atoms with van der Waals surface area (Å²) in [6.07, 6.45) is 5.12. The first-order valence-electron chi connectivity index (χ1n) is 8.61. The Kier molecular flexibility index (Phi) is 6.20. The average molecular weight is 356 g/mol. The normalized spacial score (nSPS) is 16.7. The van der Waals surface area contributed by atoms with Gasteiger partial charge in [0.05, 0.1) is 6.21 Å². The summed E-state index contributed by atoms with van der Waals surface area (Å²) in [5, 5.41) is 4.79. The number of hydrogen-bond donors (Lipinski definition) is 1. The summed E-state index contributed by atoms with van der Waals surface area (Å²) in [5.74, 6) is -0.0988. The molecule has 0 aromatic heterocycles. The highest BCUT2D eigenvalue weighted by atomic mass is 35.5. The van der Waals surface area contributed by atoms with E-state index in [0.29, 0.717) is 5.02 Å². The summed E-state index contributed by atoms with van der Waals surface area (Å²) < 4.78 is 0. The zero-order valence-electron chi connectivity index (χ0n) is 14.1. The summed E-state index contributed by atoms with van der Waals surface area (Å²) in [6.45, 7) is 1.88. The van der Waals surface area contributed by atoms with E-state index in [9.17, 15) is 4.79 Å². The fourth-order valence-electron chi connectivity index (χ4n) is 3.12. The van der Waals surface area contributed by atoms with E-state index in [2.05, 4.69) is 15.4 Å². The lowest BCUT2D eigenvalue weighted by Crippen LogP contribution is -2.41. The van der Waals surface area contributed by atoms with Gasteiger partial charge in [0.15, 0.2) is 0 Å². The molecular weight excluding hydrogens is 334 g/mol. The van der Waals surface area contributed by atoms with E-state index < -0.39 is 0 Å². The molecule has 1 aliphatic rings. The summed E-state index contributed by atoms with van der Waals surface area (Å²) in [6, 6.07) is 16.9. The van der Waals surface area contributed by atoms with Gasteiger partial charge in [-0.15, -0.1) is 0 Å². The van der Waals surface area contributed by atoms with Gasteiger partial charge in [-0.25, -0.2) is 5.43 Å². The van der Waals surface area contributed by atoms with Crippen molar-refractivity contribution in [1.29, 1.82) is 0 Å². The zero-order valence-corrected chi connectivity index (χ0v) is 14.8. The van der Waals surface area contributed by atoms with E-state index in [1.165, 1.54) is 6.42 Å². The number of rotatable bonds is 5. The maximum absolute atomic E-state index is 12.8. The predicted molar refractivity (Wildman–Crippen MR) is 102 cm³/mol. The van der Waals surface area contributed by atoms with E-state index >= 15 is 0 Å². The average Bonchev–Trinajstić information content (AvgIpc) is 2.65. The molecule has 1 aliphatic heterocycles. The smallest absolute Gasteiger partial charge is 0.262 e. The van der Waals surface area contributed by atoms with Gasteiger partial charge in [-0.05, 0) is 49.2 Å². The first kappa shape index (κ1) is 17.6. The predicted octanol–water partition coefficient (Wildman–Crippen LogP) is 4.02. The highest BCUT2D eigenvalue weighted by Crippen LogP contribution is 2.24. The number of carbonyl (C=O) groups is 1. The molecule has 130 valence electrons. The molecule has 0 bridgehead atoms. The monoisotopic (exact) mass is 355 g/mol. The lowest BCUT2D eigenvalue weighted by atomic mass is 10.0. The molecule has 3 rings (SSSR count). The van der Waals surface area contributed by atoms with Crippen LogP contribution in [0.25, 0.3) is 0 Å². The summed E-state index contributed by atoms with van der Waals surface area (Å²) in [5.41, 5.74) is 4.59. The fraction of sp³-hybridized carbons (Fsp3) is 0.300. The zero-order chi connectivity index (χ0) is 17.5. The second-order valence-corrected chi connectivity index (χ2v) is 6.63. The Labute approximate surface area is 153 Å². The van der Waals surface area contributed by atoms with Gasteiger partial charge >= 0.3 is 0 Å². The third-order valence-corrected chi connectivity index (χ3v) is 4.63. The molecule has 1 heterocycles. The number of hydrogen-bond acceptors (Lipinski definition) is 3. The third kappa shape index (κ3) is 4.91. The van der Waals surface area contributed by atoms with Crippen LogP contribution in [-0.2, 0) is 4.79 Å². The highest BCUT2D eigenvalue weighted by molar-refractivity contribution is 6.30. The molecule has 5 heteroatoms. The van der Waals surface area contributed by atoms with Crippen LogP contribution in [-0.4, -0.2) is 30.1 Å². The maximum Gasteiger partial charge on any atom is 0.262 e. The van der Waals surface area contributed by atoms with E-state index in [-0.39, 0.29) is 11.9 Å². The van der Waals surface area contributed by atoms with Crippen molar-refractivity contribution in [3.05, 3.63) is 70.7 Å². The largest absolute Gasteiger partial charge is 0.288 e. The standard InChI is InChI=1S/C20H22ClN3O/c21-18-11-9-16(10-12-18)15-22-23-20(25)19(17-7-3-1-4-8-17)24-13-5-2-6-14-24/h1,3-4,7-12,15,19H,2,5-6,13-14H2,(H,23,25)/b22-15+/t19-/m1/s1. The molecule has 25 heavy (non-hydrogen) atoms. The molecule has 1 atom stereocenters. The number of piperidine rings is 1. The van der Waals surface area contributed by atoms with Gasteiger partial charge in [0.2, 0.25) is 0 Å². The number of nitrogens with one attached hydrogen (secondary N) is 1. The van der Waals surface area contributed by atoms with E-state index in [1.807, 2.05) is 42.5 Å². The second-order valence-electron chi connectivity index (χ2n) is 6.20. The van der Waals surface area contributed by atoms with Gasteiger partial charge in [0, 0.05) is 5.02 Å². The molecule has 2 aromatic carbocycles. The minimum Gasteiger partial charge on any atom is -0.288 e. The van der Waals surface area contributed by atoms with Crippen LogP contribution >= 0.6 is 11.6 Å². The molecule has 1 saturated heterocycles. The lowest BCUT2D eigenvalue weighted by Gasteiger charge is -2.33. The van der Waals surface area contributed by atoms with Crippen LogP contribution in [0.5, 0.6) is 0 Å². The van der Waals surface area contributed by atoms with Crippen LogP contribution < -0.4 is 5.43 Å². The number of likely N-dealkylation sites (tertiary alicyclic amines) is 1. The molecule has 1 N–H and O–H groups in total. The second kappa shape index (κ2) is 8.79. The fourth-order valence-corrected chi connectivity index (χ4v) is 3.25. The van der Waals surface area contributed by atoms with Gasteiger partial charge in [-0.2, -0.15) is 5.10 Å². The quantitative estimate of drug-likeness (QED) is 0.650. The molecule has 0 radical (unpaired) electrons. The highest BCUT2D eigenvalue weighted by Gasteiger charge is 2.28. The van der Waals surface area contributed by atoms with Crippen molar-refractivity contribution in [3.8, 4) is 0 Å². The van der Waals surface area contributed by atoms with Crippen molar-refractivity contribution in [3.63, 3.8) is 0 Å². The summed E-state index contributed by atoms with van der Waals surface area (Å²) in [4.78, 5) is 15.0. The van der Waals surface area contributed by atoms with Crippen LogP contribution in [0.4, 0.5) is 0 Å². The van der Waals surface area contributed by atoms with Gasteiger partial charge < -0.3 is 0 Å². The third-order valence-electron chi connectivity index (χ3n) is 4.38. The maximum atomic E-state index is 12.8. The SMILES string of the molecule is O=C(N/N=C/c1ccc(Cl)cc1)[C@@H](c1ccccc1)N1CCCCC1. The Morgan fingerprint density at radius 3 is 2.40 bits per heavy atom. The van der Waals surface area contributed by atoms with Crippen LogP contribution in [0.1, 0.15) is 36.4 Å². The minimum atomic E-state index is -0.302. The van der Waals surface area contributed by atoms with E-state index in [0.717, 1.165) is 37.1 Å². The summed E-state index contributed by atoms with van der Waals surface area (Å²) in [7, 11) is 0. The van der Waals surface area contributed by atoms with Crippen LogP contribution in [0.2, 0.25) is 5.02 Å². The van der Waals surface area contributed by atoms with E-state index in [1.54, 1.807) is 18.3 Å². The topological polar surface area (TPSA) is 44.7 Å². The number of hydrazone groups is 1. The van der Waals surface area contributed by atoms with Crippen molar-refractivity contribution in [2.75, 3.05) is 13.1 Å². The Bertz CT molecular complexity index is 709. The molecule has 2 aromatic rings. The van der Waals surface area contributed by atoms with Crippen molar-refractivity contribution < 1.29 is 4.79 Å². The molecule has 0 unspecified atom stereocenters. The molecule has 4 nitrogen and oxygen atoms in total. The number of benzene rings is 2. The molecule has 0 spiro atoms. The van der Waals surface area contributed by atoms with Crippen molar-refractivity contribution in [2.24, 2.45) is 5.10 Å².